The molecule has 0 N–H and O–H groups in total. The van der Waals surface area contributed by atoms with Crippen LogP contribution in [-0.2, 0) is 17.6 Å². The van der Waals surface area contributed by atoms with Crippen LogP contribution in [0, 0.1) is 6.92 Å². The second kappa shape index (κ2) is 5.27. The Hall–Kier alpha value is -1.46. The van der Waals surface area contributed by atoms with Crippen LogP contribution in [0.25, 0.3) is 0 Å². The molecule has 0 spiro atoms. The highest BCUT2D eigenvalue weighted by atomic mass is 32.1. The van der Waals surface area contributed by atoms with Crippen molar-refractivity contribution >= 4 is 22.4 Å². The fourth-order valence-electron chi connectivity index (χ4n) is 2.34. The number of rotatable bonds is 4. The Morgan fingerprint density at radius 1 is 1.42 bits per heavy atom. The SMILES string of the molecule is COCCc1nsc(N2CCc3ccc(C)cc32)n1. The first kappa shape index (κ1) is 12.6. The van der Waals surface area contributed by atoms with Gasteiger partial charge < -0.3 is 9.64 Å². The van der Waals surface area contributed by atoms with Crippen LogP contribution in [0.4, 0.5) is 10.8 Å². The third-order valence-corrected chi connectivity index (χ3v) is 4.13. The number of methoxy groups -OCH3 is 1. The summed E-state index contributed by atoms with van der Waals surface area (Å²) in [4.78, 5) is 6.89. The topological polar surface area (TPSA) is 38.2 Å². The van der Waals surface area contributed by atoms with Crippen LogP contribution < -0.4 is 4.90 Å². The molecule has 0 radical (unpaired) electrons. The lowest BCUT2D eigenvalue weighted by atomic mass is 10.1. The molecule has 3 rings (SSSR count). The molecular formula is C14H17N3OS. The fourth-order valence-corrected chi connectivity index (χ4v) is 3.09. The molecule has 0 fully saturated rings. The molecule has 0 saturated heterocycles. The molecule has 1 aliphatic rings. The van der Waals surface area contributed by atoms with E-state index in [1.807, 2.05) is 0 Å². The molecule has 0 bridgehead atoms. The average molecular weight is 275 g/mol. The van der Waals surface area contributed by atoms with Gasteiger partial charge in [-0.3, -0.25) is 0 Å². The summed E-state index contributed by atoms with van der Waals surface area (Å²) in [6.45, 7) is 3.80. The minimum absolute atomic E-state index is 0.672. The number of hydrogen-bond acceptors (Lipinski definition) is 5. The Kier molecular flexibility index (Phi) is 3.48. The summed E-state index contributed by atoms with van der Waals surface area (Å²) in [6, 6.07) is 6.63. The highest BCUT2D eigenvalue weighted by Crippen LogP contribution is 2.35. The summed E-state index contributed by atoms with van der Waals surface area (Å²) in [7, 11) is 1.70. The maximum atomic E-state index is 5.06. The van der Waals surface area contributed by atoms with Crippen molar-refractivity contribution in [3.63, 3.8) is 0 Å². The molecular weight excluding hydrogens is 258 g/mol. The Balaban J connectivity index is 1.85. The number of aryl methyl sites for hydroxylation is 1. The molecule has 2 aromatic rings. The Morgan fingerprint density at radius 3 is 3.16 bits per heavy atom. The van der Waals surface area contributed by atoms with Crippen molar-refractivity contribution in [1.82, 2.24) is 9.36 Å². The van der Waals surface area contributed by atoms with E-state index in [1.54, 1.807) is 7.11 Å². The van der Waals surface area contributed by atoms with Crippen molar-refractivity contribution in [1.29, 1.82) is 0 Å². The maximum Gasteiger partial charge on any atom is 0.209 e. The van der Waals surface area contributed by atoms with E-state index in [2.05, 4.69) is 39.4 Å². The van der Waals surface area contributed by atoms with E-state index in [-0.39, 0.29) is 0 Å². The number of nitrogens with zero attached hydrogens (tertiary/aromatic N) is 3. The van der Waals surface area contributed by atoms with Crippen LogP contribution in [0.5, 0.6) is 0 Å². The van der Waals surface area contributed by atoms with Gasteiger partial charge in [-0.05, 0) is 30.5 Å². The zero-order valence-corrected chi connectivity index (χ0v) is 12.0. The Bertz CT molecular complexity index is 582. The summed E-state index contributed by atoms with van der Waals surface area (Å²) in [5.41, 5.74) is 3.98. The highest BCUT2D eigenvalue weighted by molar-refractivity contribution is 7.09. The molecule has 100 valence electrons. The Labute approximate surface area is 117 Å². The third kappa shape index (κ3) is 2.48. The van der Waals surface area contributed by atoms with Gasteiger partial charge in [0.1, 0.15) is 5.82 Å². The van der Waals surface area contributed by atoms with Gasteiger partial charge in [-0.15, -0.1) is 0 Å². The first-order chi connectivity index (χ1) is 9.28. The van der Waals surface area contributed by atoms with E-state index in [0.717, 1.165) is 30.3 Å². The van der Waals surface area contributed by atoms with Crippen molar-refractivity contribution in [2.45, 2.75) is 19.8 Å². The standard InChI is InChI=1S/C14H17N3OS/c1-10-3-4-11-5-7-17(12(11)9-10)14-15-13(16-19-14)6-8-18-2/h3-4,9H,5-8H2,1-2H3. The molecule has 0 saturated carbocycles. The van der Waals surface area contributed by atoms with E-state index in [1.165, 1.54) is 28.3 Å². The quantitative estimate of drug-likeness (QED) is 0.860. The van der Waals surface area contributed by atoms with Crippen LogP contribution in [0.2, 0.25) is 0 Å². The first-order valence-electron chi connectivity index (χ1n) is 6.46. The van der Waals surface area contributed by atoms with Gasteiger partial charge >= 0.3 is 0 Å². The summed E-state index contributed by atoms with van der Waals surface area (Å²) in [5, 5.41) is 0.996. The highest BCUT2D eigenvalue weighted by Gasteiger charge is 2.23. The molecule has 19 heavy (non-hydrogen) atoms. The molecule has 4 nitrogen and oxygen atoms in total. The number of benzene rings is 1. The zero-order chi connectivity index (χ0) is 13.2. The molecule has 1 aromatic carbocycles. The summed E-state index contributed by atoms with van der Waals surface area (Å²) < 4.78 is 9.47. The smallest absolute Gasteiger partial charge is 0.209 e. The van der Waals surface area contributed by atoms with Gasteiger partial charge in [0.05, 0.1) is 6.61 Å². The average Bonchev–Trinajstić information content (AvgIpc) is 3.01. The van der Waals surface area contributed by atoms with Crippen molar-refractivity contribution < 1.29 is 4.74 Å². The van der Waals surface area contributed by atoms with E-state index in [4.69, 9.17) is 4.74 Å². The molecule has 2 heterocycles. The van der Waals surface area contributed by atoms with Crippen LogP contribution in [-0.4, -0.2) is 29.6 Å². The molecule has 1 aliphatic heterocycles. The second-order valence-electron chi connectivity index (χ2n) is 4.77. The van der Waals surface area contributed by atoms with Crippen LogP contribution in [0.3, 0.4) is 0 Å². The minimum Gasteiger partial charge on any atom is -0.384 e. The minimum atomic E-state index is 0.672. The van der Waals surface area contributed by atoms with Gasteiger partial charge in [0.15, 0.2) is 0 Å². The molecule has 0 atom stereocenters. The number of fused-ring (bicyclic) bond motifs is 1. The molecule has 5 heteroatoms. The van der Waals surface area contributed by atoms with Gasteiger partial charge in [0.2, 0.25) is 5.13 Å². The predicted octanol–water partition coefficient (Wildman–Crippen LogP) is 2.73. The van der Waals surface area contributed by atoms with Crippen molar-refractivity contribution in [3.05, 3.63) is 35.2 Å². The third-order valence-electron chi connectivity index (χ3n) is 3.35. The second-order valence-corrected chi connectivity index (χ2v) is 5.50. The molecule has 1 aromatic heterocycles. The molecule has 0 amide bonds. The van der Waals surface area contributed by atoms with E-state index < -0.39 is 0 Å². The number of hydrogen-bond donors (Lipinski definition) is 0. The van der Waals surface area contributed by atoms with Crippen LogP contribution in [0.1, 0.15) is 17.0 Å². The number of ether oxygens (including phenoxy) is 1. The van der Waals surface area contributed by atoms with Gasteiger partial charge in [0.25, 0.3) is 0 Å². The zero-order valence-electron chi connectivity index (χ0n) is 11.2. The van der Waals surface area contributed by atoms with E-state index in [0.29, 0.717) is 6.61 Å². The lowest BCUT2D eigenvalue weighted by Gasteiger charge is -2.15. The summed E-state index contributed by atoms with van der Waals surface area (Å²) >= 11 is 1.48. The van der Waals surface area contributed by atoms with Gasteiger partial charge in [0, 0.05) is 37.3 Å². The summed E-state index contributed by atoms with van der Waals surface area (Å²) in [6.07, 6.45) is 1.87. The van der Waals surface area contributed by atoms with Crippen LogP contribution in [0.15, 0.2) is 18.2 Å². The van der Waals surface area contributed by atoms with Gasteiger partial charge in [-0.1, -0.05) is 12.1 Å². The maximum absolute atomic E-state index is 5.06. The monoisotopic (exact) mass is 275 g/mol. The molecule has 0 unspecified atom stereocenters. The van der Waals surface area contributed by atoms with Crippen molar-refractivity contribution in [2.75, 3.05) is 25.2 Å². The van der Waals surface area contributed by atoms with Gasteiger partial charge in [-0.25, -0.2) is 4.98 Å². The van der Waals surface area contributed by atoms with Crippen molar-refractivity contribution in [2.24, 2.45) is 0 Å². The normalized spacial score (nSPS) is 13.9. The van der Waals surface area contributed by atoms with Gasteiger partial charge in [-0.2, -0.15) is 4.37 Å². The largest absolute Gasteiger partial charge is 0.384 e. The van der Waals surface area contributed by atoms with Crippen molar-refractivity contribution in [3.8, 4) is 0 Å². The lowest BCUT2D eigenvalue weighted by molar-refractivity contribution is 0.201. The summed E-state index contributed by atoms with van der Waals surface area (Å²) in [5.74, 6) is 0.878. The molecule has 0 aliphatic carbocycles. The first-order valence-corrected chi connectivity index (χ1v) is 7.24. The predicted molar refractivity (Wildman–Crippen MR) is 77.4 cm³/mol. The fraction of sp³-hybridized carbons (Fsp3) is 0.429. The van der Waals surface area contributed by atoms with E-state index in [9.17, 15) is 0 Å². The van der Waals surface area contributed by atoms with Crippen LogP contribution >= 0.6 is 11.5 Å². The number of aromatic nitrogens is 2. The lowest BCUT2D eigenvalue weighted by Crippen LogP contribution is -2.13. The Morgan fingerprint density at radius 2 is 2.32 bits per heavy atom. The number of anilines is 2. The van der Waals surface area contributed by atoms with E-state index >= 15 is 0 Å².